The van der Waals surface area contributed by atoms with Gasteiger partial charge < -0.3 is 10.1 Å². The highest BCUT2D eigenvalue weighted by atomic mass is 16.5. The zero-order valence-electron chi connectivity index (χ0n) is 21.2. The number of esters is 1. The van der Waals surface area contributed by atoms with Gasteiger partial charge in [0.2, 0.25) is 5.91 Å². The third-order valence-corrected chi connectivity index (χ3v) is 7.32. The number of benzene rings is 1. The van der Waals surface area contributed by atoms with Crippen LogP contribution in [0.2, 0.25) is 0 Å². The highest BCUT2D eigenvalue weighted by molar-refractivity contribution is 6.12. The van der Waals surface area contributed by atoms with E-state index in [4.69, 9.17) is 4.74 Å². The summed E-state index contributed by atoms with van der Waals surface area (Å²) in [4.78, 5) is 41.6. The fourth-order valence-corrected chi connectivity index (χ4v) is 5.10. The Kier molecular flexibility index (Phi) is 7.28. The van der Waals surface area contributed by atoms with Gasteiger partial charge in [0.1, 0.15) is 11.2 Å². The van der Waals surface area contributed by atoms with Crippen LogP contribution < -0.4 is 10.2 Å². The van der Waals surface area contributed by atoms with Gasteiger partial charge in [0.05, 0.1) is 13.2 Å². The Morgan fingerprint density at radius 3 is 2.43 bits per heavy atom. The van der Waals surface area contributed by atoms with Crippen molar-refractivity contribution in [3.05, 3.63) is 46.8 Å². The fourth-order valence-electron chi connectivity index (χ4n) is 5.10. The molecule has 1 unspecified atom stereocenters. The second-order valence-corrected chi connectivity index (χ2v) is 9.99. The average molecular weight is 481 g/mol. The third kappa shape index (κ3) is 4.97. The second-order valence-electron chi connectivity index (χ2n) is 9.99. The maximum atomic E-state index is 13.9. The van der Waals surface area contributed by atoms with E-state index in [-0.39, 0.29) is 42.4 Å². The minimum Gasteiger partial charge on any atom is -0.461 e. The molecule has 0 saturated heterocycles. The maximum Gasteiger partial charge on any atom is 0.358 e. The molecule has 4 rings (SSSR count). The number of fused-ring (bicyclic) bond motifs is 1. The molecule has 2 heterocycles. The van der Waals surface area contributed by atoms with Crippen LogP contribution >= 0.6 is 0 Å². The van der Waals surface area contributed by atoms with Crippen LogP contribution in [-0.2, 0) is 16.1 Å². The largest absolute Gasteiger partial charge is 0.461 e. The van der Waals surface area contributed by atoms with Crippen LogP contribution in [0.3, 0.4) is 0 Å². The topological polar surface area (TPSA) is 93.5 Å². The lowest BCUT2D eigenvalue weighted by Crippen LogP contribution is -2.65. The van der Waals surface area contributed by atoms with Gasteiger partial charge in [-0.1, -0.05) is 38.2 Å². The highest BCUT2D eigenvalue weighted by Crippen LogP contribution is 2.34. The van der Waals surface area contributed by atoms with E-state index in [1.807, 2.05) is 32.0 Å². The van der Waals surface area contributed by atoms with E-state index in [0.717, 1.165) is 36.8 Å². The molecule has 8 heteroatoms. The maximum absolute atomic E-state index is 13.9. The minimum atomic E-state index is -1.22. The van der Waals surface area contributed by atoms with Crippen molar-refractivity contribution in [3.63, 3.8) is 0 Å². The molecule has 1 aliphatic heterocycles. The van der Waals surface area contributed by atoms with E-state index < -0.39 is 11.5 Å². The average Bonchev–Trinajstić information content (AvgIpc) is 3.22. The zero-order chi connectivity index (χ0) is 25.2. The smallest absolute Gasteiger partial charge is 0.358 e. The van der Waals surface area contributed by atoms with Crippen molar-refractivity contribution in [2.24, 2.45) is 0 Å². The Balaban J connectivity index is 1.73. The summed E-state index contributed by atoms with van der Waals surface area (Å²) in [5.41, 5.74) is 1.91. The lowest BCUT2D eigenvalue weighted by molar-refractivity contribution is -0.127. The summed E-state index contributed by atoms with van der Waals surface area (Å²) in [6.45, 7) is 7.86. The number of carbonyl (C=O) groups excluding carboxylic acids is 3. The summed E-state index contributed by atoms with van der Waals surface area (Å²) in [5, 5.41) is 7.60. The molecule has 0 spiro atoms. The van der Waals surface area contributed by atoms with E-state index >= 15 is 0 Å². The van der Waals surface area contributed by atoms with Gasteiger partial charge in [-0.15, -0.1) is 0 Å². The molecule has 1 fully saturated rings. The van der Waals surface area contributed by atoms with Crippen molar-refractivity contribution in [1.29, 1.82) is 0 Å². The van der Waals surface area contributed by atoms with Crippen molar-refractivity contribution >= 4 is 23.5 Å². The van der Waals surface area contributed by atoms with Crippen LogP contribution in [0.25, 0.3) is 0 Å². The van der Waals surface area contributed by atoms with Crippen molar-refractivity contribution in [2.75, 3.05) is 11.5 Å². The molecule has 1 atom stereocenters. The highest BCUT2D eigenvalue weighted by Gasteiger charge is 2.49. The lowest BCUT2D eigenvalue weighted by Gasteiger charge is -2.44. The summed E-state index contributed by atoms with van der Waals surface area (Å²) in [6.07, 6.45) is 7.69. The Morgan fingerprint density at radius 2 is 1.77 bits per heavy atom. The molecular formula is C27H36N4O4. The summed E-state index contributed by atoms with van der Waals surface area (Å²) in [7, 11) is 0. The first-order chi connectivity index (χ1) is 16.7. The van der Waals surface area contributed by atoms with E-state index in [1.54, 1.807) is 18.7 Å². The molecular weight excluding hydrogens is 444 g/mol. The Hall–Kier alpha value is -3.16. The second kappa shape index (κ2) is 10.2. The molecule has 1 N–H and O–H groups in total. The van der Waals surface area contributed by atoms with Gasteiger partial charge in [-0.2, -0.15) is 5.10 Å². The summed E-state index contributed by atoms with van der Waals surface area (Å²) in [5.74, 6) is -1.15. The summed E-state index contributed by atoms with van der Waals surface area (Å²) in [6, 6.07) is 7.32. The van der Waals surface area contributed by atoms with E-state index in [0.29, 0.717) is 5.69 Å². The van der Waals surface area contributed by atoms with Gasteiger partial charge in [-0.3, -0.25) is 19.2 Å². The molecule has 1 aliphatic carbocycles. The van der Waals surface area contributed by atoms with Gasteiger partial charge in [0.25, 0.3) is 5.91 Å². The number of aryl methyl sites for hydroxylation is 2. The van der Waals surface area contributed by atoms with Crippen LogP contribution in [0.5, 0.6) is 0 Å². The summed E-state index contributed by atoms with van der Waals surface area (Å²) < 4.78 is 6.56. The number of anilines is 1. The van der Waals surface area contributed by atoms with Crippen molar-refractivity contribution < 1.29 is 19.1 Å². The molecule has 188 valence electrons. The SMILES string of the molecule is CCOC(=O)c1cc2n(n1)CC(C)(C(=O)NC1CCCCCCC1)N(c1ccc(C)c(C)c1)C2=O. The Bertz CT molecular complexity index is 1120. The Labute approximate surface area is 207 Å². The standard InChI is InChI=1S/C27H36N4O4/c1-5-35-25(33)22-16-23-24(32)31(21-14-13-18(2)19(3)15-21)27(4,17-30(23)29-22)26(34)28-20-11-9-7-6-8-10-12-20/h13-16,20H,5-12,17H2,1-4H3,(H,28,34). The number of nitrogens with zero attached hydrogens (tertiary/aromatic N) is 3. The Morgan fingerprint density at radius 1 is 1.09 bits per heavy atom. The van der Waals surface area contributed by atoms with E-state index in [9.17, 15) is 14.4 Å². The van der Waals surface area contributed by atoms with E-state index in [2.05, 4.69) is 10.4 Å². The molecule has 2 aromatic rings. The van der Waals surface area contributed by atoms with Crippen LogP contribution in [0.15, 0.2) is 24.3 Å². The van der Waals surface area contributed by atoms with Gasteiger partial charge in [-0.05, 0) is 63.8 Å². The monoisotopic (exact) mass is 480 g/mol. The molecule has 0 radical (unpaired) electrons. The number of rotatable bonds is 5. The van der Waals surface area contributed by atoms with Crippen molar-refractivity contribution in [1.82, 2.24) is 15.1 Å². The third-order valence-electron chi connectivity index (χ3n) is 7.32. The first-order valence-electron chi connectivity index (χ1n) is 12.7. The van der Waals surface area contributed by atoms with Crippen molar-refractivity contribution in [2.45, 2.75) is 90.8 Å². The number of aromatic nitrogens is 2. The van der Waals surface area contributed by atoms with Gasteiger partial charge in [0, 0.05) is 17.8 Å². The molecule has 0 bridgehead atoms. The van der Waals surface area contributed by atoms with Gasteiger partial charge in [-0.25, -0.2) is 4.79 Å². The molecule has 8 nitrogen and oxygen atoms in total. The van der Waals surface area contributed by atoms with Gasteiger partial charge >= 0.3 is 5.97 Å². The first kappa shape index (κ1) is 24.9. The fraction of sp³-hybridized carbons (Fsp3) is 0.556. The molecule has 2 aliphatic rings. The lowest BCUT2D eigenvalue weighted by atomic mass is 9.91. The van der Waals surface area contributed by atoms with Crippen LogP contribution in [0, 0.1) is 13.8 Å². The normalized spacial score (nSPS) is 21.1. The van der Waals surface area contributed by atoms with Crippen LogP contribution in [-0.4, -0.2) is 45.8 Å². The number of hydrogen-bond acceptors (Lipinski definition) is 5. The molecule has 35 heavy (non-hydrogen) atoms. The van der Waals surface area contributed by atoms with Crippen LogP contribution in [0.1, 0.15) is 90.9 Å². The molecule has 1 aromatic carbocycles. The molecule has 2 amide bonds. The predicted octanol–water partition coefficient (Wildman–Crippen LogP) is 4.32. The first-order valence-corrected chi connectivity index (χ1v) is 12.7. The number of amides is 2. The minimum absolute atomic E-state index is 0.0694. The quantitative estimate of drug-likeness (QED) is 0.643. The van der Waals surface area contributed by atoms with Gasteiger partial charge in [0.15, 0.2) is 5.69 Å². The molecule has 1 aromatic heterocycles. The zero-order valence-corrected chi connectivity index (χ0v) is 21.2. The van der Waals surface area contributed by atoms with Crippen LogP contribution in [0.4, 0.5) is 5.69 Å². The summed E-state index contributed by atoms with van der Waals surface area (Å²) >= 11 is 0. The number of hydrogen-bond donors (Lipinski definition) is 1. The van der Waals surface area contributed by atoms with Crippen molar-refractivity contribution in [3.8, 4) is 0 Å². The van der Waals surface area contributed by atoms with E-state index in [1.165, 1.54) is 30.0 Å². The predicted molar refractivity (Wildman–Crippen MR) is 134 cm³/mol. The number of nitrogens with one attached hydrogen (secondary N) is 1. The molecule has 1 saturated carbocycles. The number of carbonyl (C=O) groups is 3. The number of ether oxygens (including phenoxy) is 1.